The summed E-state index contributed by atoms with van der Waals surface area (Å²) >= 11 is 0. The Hall–Kier alpha value is -0.840. The minimum absolute atomic E-state index is 0.394. The standard InChI is InChI=1S/C17H30N2O2/c1-4-9-20-16-6-5-8-19(12-16)13-17-15(7-10-21-17)11-18-14(2)3/h7,10,14,16,18H,4-6,8-9,11-13H2,1-3H3. The molecule has 4 heteroatoms. The number of nitrogens with zero attached hydrogens (tertiary/aromatic N) is 1. The van der Waals surface area contributed by atoms with Crippen molar-refractivity contribution < 1.29 is 9.15 Å². The van der Waals surface area contributed by atoms with Crippen molar-refractivity contribution in [3.8, 4) is 0 Å². The Morgan fingerprint density at radius 2 is 2.33 bits per heavy atom. The van der Waals surface area contributed by atoms with Crippen molar-refractivity contribution in [1.82, 2.24) is 10.2 Å². The predicted octanol–water partition coefficient (Wildman–Crippen LogP) is 3.17. The maximum absolute atomic E-state index is 5.91. The van der Waals surface area contributed by atoms with Gasteiger partial charge in [0.25, 0.3) is 0 Å². The smallest absolute Gasteiger partial charge is 0.122 e. The summed E-state index contributed by atoms with van der Waals surface area (Å²) in [5.41, 5.74) is 1.28. The molecule has 2 heterocycles. The van der Waals surface area contributed by atoms with Gasteiger partial charge in [-0.25, -0.2) is 0 Å². The van der Waals surface area contributed by atoms with E-state index < -0.39 is 0 Å². The second-order valence-corrected chi connectivity index (χ2v) is 6.27. The van der Waals surface area contributed by atoms with Gasteiger partial charge in [-0.15, -0.1) is 0 Å². The van der Waals surface area contributed by atoms with Crippen LogP contribution in [-0.2, 0) is 17.8 Å². The molecule has 2 rings (SSSR count). The van der Waals surface area contributed by atoms with Gasteiger partial charge in [-0.1, -0.05) is 20.8 Å². The third kappa shape index (κ3) is 5.46. The monoisotopic (exact) mass is 294 g/mol. The first kappa shape index (κ1) is 16.5. The average Bonchev–Trinajstić information content (AvgIpc) is 2.90. The molecule has 0 bridgehead atoms. The van der Waals surface area contributed by atoms with E-state index in [1.165, 1.54) is 18.4 Å². The fourth-order valence-electron chi connectivity index (χ4n) is 2.76. The van der Waals surface area contributed by atoms with Gasteiger partial charge in [-0.2, -0.15) is 0 Å². The molecule has 1 atom stereocenters. The molecule has 1 unspecified atom stereocenters. The van der Waals surface area contributed by atoms with E-state index in [0.29, 0.717) is 12.1 Å². The molecular weight excluding hydrogens is 264 g/mol. The second-order valence-electron chi connectivity index (χ2n) is 6.27. The number of piperidine rings is 1. The van der Waals surface area contributed by atoms with E-state index in [0.717, 1.165) is 45.0 Å². The van der Waals surface area contributed by atoms with Gasteiger partial charge in [0, 0.05) is 31.3 Å². The van der Waals surface area contributed by atoms with Crippen LogP contribution in [0, 0.1) is 0 Å². The highest BCUT2D eigenvalue weighted by Crippen LogP contribution is 2.19. The molecule has 0 aromatic carbocycles. The SMILES string of the molecule is CCCOC1CCCN(Cc2occc2CNC(C)C)C1. The lowest BCUT2D eigenvalue weighted by atomic mass is 10.1. The van der Waals surface area contributed by atoms with Gasteiger partial charge in [-0.05, 0) is 31.9 Å². The van der Waals surface area contributed by atoms with Crippen molar-refractivity contribution in [3.63, 3.8) is 0 Å². The van der Waals surface area contributed by atoms with Gasteiger partial charge >= 0.3 is 0 Å². The summed E-state index contributed by atoms with van der Waals surface area (Å²) in [6.07, 6.45) is 5.71. The van der Waals surface area contributed by atoms with Crippen molar-refractivity contribution in [2.24, 2.45) is 0 Å². The third-order valence-electron chi connectivity index (χ3n) is 3.93. The molecule has 1 saturated heterocycles. The van der Waals surface area contributed by atoms with E-state index in [9.17, 15) is 0 Å². The number of hydrogen-bond donors (Lipinski definition) is 1. The van der Waals surface area contributed by atoms with E-state index in [1.807, 2.05) is 6.26 Å². The Balaban J connectivity index is 1.84. The molecule has 1 aliphatic heterocycles. The lowest BCUT2D eigenvalue weighted by molar-refractivity contribution is -0.00382. The molecule has 0 saturated carbocycles. The predicted molar refractivity (Wildman–Crippen MR) is 85.2 cm³/mol. The van der Waals surface area contributed by atoms with Crippen molar-refractivity contribution in [1.29, 1.82) is 0 Å². The number of ether oxygens (including phenoxy) is 1. The van der Waals surface area contributed by atoms with Gasteiger partial charge in [0.05, 0.1) is 18.9 Å². The van der Waals surface area contributed by atoms with Crippen LogP contribution in [0.25, 0.3) is 0 Å². The summed E-state index contributed by atoms with van der Waals surface area (Å²) in [6, 6.07) is 2.58. The Morgan fingerprint density at radius 3 is 3.10 bits per heavy atom. The van der Waals surface area contributed by atoms with Crippen molar-refractivity contribution in [2.45, 2.75) is 65.3 Å². The van der Waals surface area contributed by atoms with Gasteiger partial charge in [0.1, 0.15) is 5.76 Å². The second kappa shape index (κ2) is 8.57. The van der Waals surface area contributed by atoms with Gasteiger partial charge in [-0.3, -0.25) is 4.90 Å². The number of likely N-dealkylation sites (tertiary alicyclic amines) is 1. The van der Waals surface area contributed by atoms with Crippen LogP contribution in [0.15, 0.2) is 16.7 Å². The molecule has 0 radical (unpaired) electrons. The average molecular weight is 294 g/mol. The zero-order valence-corrected chi connectivity index (χ0v) is 13.7. The highest BCUT2D eigenvalue weighted by molar-refractivity contribution is 5.17. The molecule has 1 fully saturated rings. The zero-order chi connectivity index (χ0) is 15.1. The normalized spacial score (nSPS) is 20.3. The Kier molecular flexibility index (Phi) is 6.74. The maximum atomic E-state index is 5.91. The number of hydrogen-bond acceptors (Lipinski definition) is 4. The molecular formula is C17H30N2O2. The highest BCUT2D eigenvalue weighted by atomic mass is 16.5. The summed E-state index contributed by atoms with van der Waals surface area (Å²) in [5, 5.41) is 3.46. The van der Waals surface area contributed by atoms with Crippen molar-refractivity contribution in [3.05, 3.63) is 23.7 Å². The van der Waals surface area contributed by atoms with Crippen LogP contribution >= 0.6 is 0 Å². The molecule has 1 aromatic heterocycles. The molecule has 0 amide bonds. The Labute approximate surface area is 128 Å². The lowest BCUT2D eigenvalue weighted by Gasteiger charge is -2.32. The third-order valence-corrected chi connectivity index (χ3v) is 3.93. The summed E-state index contributed by atoms with van der Waals surface area (Å²) in [6.45, 7) is 11.3. The van der Waals surface area contributed by atoms with Crippen LogP contribution in [0.1, 0.15) is 51.4 Å². The maximum Gasteiger partial charge on any atom is 0.122 e. The topological polar surface area (TPSA) is 37.6 Å². The Morgan fingerprint density at radius 1 is 1.48 bits per heavy atom. The number of rotatable bonds is 8. The van der Waals surface area contributed by atoms with E-state index >= 15 is 0 Å². The van der Waals surface area contributed by atoms with Crippen LogP contribution in [0.3, 0.4) is 0 Å². The largest absolute Gasteiger partial charge is 0.468 e. The van der Waals surface area contributed by atoms with E-state index in [2.05, 4.69) is 37.1 Å². The summed E-state index contributed by atoms with van der Waals surface area (Å²) in [4.78, 5) is 2.46. The quantitative estimate of drug-likeness (QED) is 0.799. The lowest BCUT2D eigenvalue weighted by Crippen LogP contribution is -2.39. The first-order chi connectivity index (χ1) is 10.2. The van der Waals surface area contributed by atoms with E-state index in [-0.39, 0.29) is 0 Å². The van der Waals surface area contributed by atoms with Crippen molar-refractivity contribution >= 4 is 0 Å². The van der Waals surface area contributed by atoms with E-state index in [4.69, 9.17) is 9.15 Å². The van der Waals surface area contributed by atoms with Gasteiger partial charge in [0.15, 0.2) is 0 Å². The minimum Gasteiger partial charge on any atom is -0.468 e. The fraction of sp³-hybridized carbons (Fsp3) is 0.765. The summed E-state index contributed by atoms with van der Waals surface area (Å²) in [5.74, 6) is 1.10. The first-order valence-corrected chi connectivity index (χ1v) is 8.31. The molecule has 0 aliphatic carbocycles. The molecule has 0 spiro atoms. The molecule has 1 N–H and O–H groups in total. The van der Waals surface area contributed by atoms with Crippen LogP contribution in [-0.4, -0.2) is 36.7 Å². The fourth-order valence-corrected chi connectivity index (χ4v) is 2.76. The number of furan rings is 1. The highest BCUT2D eigenvalue weighted by Gasteiger charge is 2.21. The summed E-state index contributed by atoms with van der Waals surface area (Å²) in [7, 11) is 0. The van der Waals surface area contributed by atoms with Crippen LogP contribution in [0.2, 0.25) is 0 Å². The Bertz CT molecular complexity index is 403. The molecule has 4 nitrogen and oxygen atoms in total. The summed E-state index contributed by atoms with van der Waals surface area (Å²) < 4.78 is 11.6. The van der Waals surface area contributed by atoms with Gasteiger partial charge in [0.2, 0.25) is 0 Å². The van der Waals surface area contributed by atoms with Crippen molar-refractivity contribution in [2.75, 3.05) is 19.7 Å². The molecule has 21 heavy (non-hydrogen) atoms. The zero-order valence-electron chi connectivity index (χ0n) is 13.7. The van der Waals surface area contributed by atoms with E-state index in [1.54, 1.807) is 0 Å². The minimum atomic E-state index is 0.394. The van der Waals surface area contributed by atoms with Crippen LogP contribution in [0.4, 0.5) is 0 Å². The molecule has 120 valence electrons. The van der Waals surface area contributed by atoms with Crippen LogP contribution in [0.5, 0.6) is 0 Å². The number of nitrogens with one attached hydrogen (secondary N) is 1. The molecule has 1 aromatic rings. The molecule has 1 aliphatic rings. The first-order valence-electron chi connectivity index (χ1n) is 8.31. The van der Waals surface area contributed by atoms with Crippen LogP contribution < -0.4 is 5.32 Å². The van der Waals surface area contributed by atoms with Gasteiger partial charge < -0.3 is 14.5 Å².